The number of ether oxygens (including phenoxy) is 1. The van der Waals surface area contributed by atoms with Gasteiger partial charge in [-0.25, -0.2) is 0 Å². The molecule has 3 nitrogen and oxygen atoms in total. The average Bonchev–Trinajstić information content (AvgIpc) is 1.68. The molecule has 0 aromatic heterocycles. The number of methoxy groups -OCH3 is 1. The van der Waals surface area contributed by atoms with E-state index in [4.69, 9.17) is 17.5 Å². The van der Waals surface area contributed by atoms with E-state index in [1.54, 1.807) is 0 Å². The number of halogens is 1. The zero-order chi connectivity index (χ0) is 5.70. The van der Waals surface area contributed by atoms with Crippen molar-refractivity contribution in [2.24, 2.45) is 10.2 Å². The van der Waals surface area contributed by atoms with Crippen molar-refractivity contribution in [2.75, 3.05) is 13.7 Å². The molecular formula is C3H7ClN2O. The molecule has 0 saturated carbocycles. The minimum absolute atomic E-state index is 0.295. The summed E-state index contributed by atoms with van der Waals surface area (Å²) < 4.78 is 7.67. The van der Waals surface area contributed by atoms with Gasteiger partial charge in [0.15, 0.2) is 0 Å². The highest BCUT2D eigenvalue weighted by atomic mass is 35.5. The second-order valence-electron chi connectivity index (χ2n) is 1.01. The van der Waals surface area contributed by atoms with Crippen LogP contribution in [0.1, 0.15) is 0 Å². The summed E-state index contributed by atoms with van der Waals surface area (Å²) in [5, 5.41) is 0. The van der Waals surface area contributed by atoms with E-state index in [9.17, 15) is 0 Å². The van der Waals surface area contributed by atoms with E-state index in [1.807, 2.05) is 0 Å². The Kier molecular flexibility index (Phi) is 3.74. The third-order valence-electron chi connectivity index (χ3n) is 0.401. The Morgan fingerprint density at radius 1 is 2.00 bits per heavy atom. The number of amidine groups is 1. The number of nitrogens with two attached hydrogens (primary N) is 1. The van der Waals surface area contributed by atoms with Gasteiger partial charge in [0.25, 0.3) is 0 Å². The van der Waals surface area contributed by atoms with E-state index in [-0.39, 0.29) is 0 Å². The van der Waals surface area contributed by atoms with Crippen LogP contribution < -0.4 is 5.73 Å². The topological polar surface area (TPSA) is 47.6 Å². The Labute approximate surface area is 47.2 Å². The van der Waals surface area contributed by atoms with E-state index in [1.165, 1.54) is 7.11 Å². The smallest absolute Gasteiger partial charge is 0.140 e. The summed E-state index contributed by atoms with van der Waals surface area (Å²) in [6, 6.07) is 0. The maximum atomic E-state index is 5.08. The molecule has 0 bridgehead atoms. The van der Waals surface area contributed by atoms with Gasteiger partial charge in [0.2, 0.25) is 0 Å². The average molecular weight is 123 g/mol. The molecule has 0 amide bonds. The van der Waals surface area contributed by atoms with Crippen LogP contribution in [0.3, 0.4) is 0 Å². The van der Waals surface area contributed by atoms with Crippen LogP contribution >= 0.6 is 11.8 Å². The molecule has 0 fully saturated rings. The lowest BCUT2D eigenvalue weighted by atomic mass is 10.7. The molecule has 0 unspecified atom stereocenters. The molecule has 7 heavy (non-hydrogen) atoms. The first-order chi connectivity index (χ1) is 3.31. The Morgan fingerprint density at radius 2 is 2.57 bits per heavy atom. The second kappa shape index (κ2) is 3.89. The molecular weight excluding hydrogens is 115 g/mol. The monoisotopic (exact) mass is 122 g/mol. The zero-order valence-corrected chi connectivity index (χ0v) is 4.77. The van der Waals surface area contributed by atoms with Crippen molar-refractivity contribution in [2.45, 2.75) is 0 Å². The normalized spacial score (nSPS) is 12.0. The van der Waals surface area contributed by atoms with Crippen LogP contribution in [0.25, 0.3) is 0 Å². The van der Waals surface area contributed by atoms with Gasteiger partial charge in [-0.1, -0.05) is 0 Å². The van der Waals surface area contributed by atoms with Crippen molar-refractivity contribution in [1.82, 2.24) is 0 Å². The zero-order valence-electron chi connectivity index (χ0n) is 4.02. The second-order valence-corrected chi connectivity index (χ2v) is 1.18. The molecule has 4 heteroatoms. The van der Waals surface area contributed by atoms with Gasteiger partial charge >= 0.3 is 0 Å². The summed E-state index contributed by atoms with van der Waals surface area (Å²) >= 11 is 4.91. The molecule has 0 atom stereocenters. The minimum atomic E-state index is 0.295. The third kappa shape index (κ3) is 3.55. The highest BCUT2D eigenvalue weighted by Crippen LogP contribution is 1.75. The molecule has 0 aliphatic heterocycles. The van der Waals surface area contributed by atoms with E-state index < -0.39 is 0 Å². The van der Waals surface area contributed by atoms with Gasteiger partial charge < -0.3 is 10.5 Å². The number of hydrogen-bond donors (Lipinski definition) is 1. The van der Waals surface area contributed by atoms with Crippen LogP contribution in [-0.4, -0.2) is 19.6 Å². The van der Waals surface area contributed by atoms with Crippen molar-refractivity contribution in [3.63, 3.8) is 0 Å². The van der Waals surface area contributed by atoms with Crippen LogP contribution in [0.15, 0.2) is 4.51 Å². The summed E-state index contributed by atoms with van der Waals surface area (Å²) in [5.41, 5.74) is 5.08. The largest absolute Gasteiger partial charge is 0.384 e. The maximum absolute atomic E-state index is 5.08. The molecule has 42 valence electrons. The van der Waals surface area contributed by atoms with E-state index >= 15 is 0 Å². The molecule has 0 aliphatic rings. The summed E-state index contributed by atoms with van der Waals surface area (Å²) in [6.45, 7) is 0.295. The Balaban J connectivity index is 3.17. The molecule has 2 N–H and O–H groups in total. The fourth-order valence-corrected chi connectivity index (χ4v) is 0.221. The van der Waals surface area contributed by atoms with Gasteiger partial charge in [-0.3, -0.25) is 0 Å². The van der Waals surface area contributed by atoms with Crippen LogP contribution in [0.5, 0.6) is 0 Å². The van der Waals surface area contributed by atoms with Gasteiger partial charge in [0.1, 0.15) is 12.4 Å². The van der Waals surface area contributed by atoms with Crippen LogP contribution in [0.2, 0.25) is 0 Å². The van der Waals surface area contributed by atoms with Gasteiger partial charge in [-0.2, -0.15) is 4.51 Å². The molecule has 0 aromatic carbocycles. The summed E-state index contributed by atoms with van der Waals surface area (Å²) in [4.78, 5) is 0. The quantitative estimate of drug-likeness (QED) is 0.419. The molecule has 0 rings (SSSR count). The predicted molar refractivity (Wildman–Crippen MR) is 29.4 cm³/mol. The first kappa shape index (κ1) is 6.72. The maximum Gasteiger partial charge on any atom is 0.140 e. The lowest BCUT2D eigenvalue weighted by Gasteiger charge is -1.90. The van der Waals surface area contributed by atoms with E-state index in [0.29, 0.717) is 12.4 Å². The number of nitrogens with zero attached hydrogens (tertiary/aromatic N) is 1. The van der Waals surface area contributed by atoms with Crippen molar-refractivity contribution in [1.29, 1.82) is 0 Å². The Morgan fingerprint density at radius 3 is 2.71 bits per heavy atom. The van der Waals surface area contributed by atoms with E-state index in [2.05, 4.69) is 9.25 Å². The molecule has 0 saturated heterocycles. The third-order valence-corrected chi connectivity index (χ3v) is 0.618. The number of rotatable bonds is 2. The molecule has 0 radical (unpaired) electrons. The van der Waals surface area contributed by atoms with E-state index in [0.717, 1.165) is 0 Å². The fraction of sp³-hybridized carbons (Fsp3) is 0.667. The highest BCUT2D eigenvalue weighted by Gasteiger charge is 1.83. The molecule has 0 aliphatic carbocycles. The van der Waals surface area contributed by atoms with Crippen LogP contribution in [-0.2, 0) is 4.74 Å². The Hall–Kier alpha value is -0.280. The first-order valence-electron chi connectivity index (χ1n) is 1.73. The van der Waals surface area contributed by atoms with Gasteiger partial charge in [-0.05, 0) is 0 Å². The summed E-state index contributed by atoms with van der Waals surface area (Å²) in [7, 11) is 1.52. The fourth-order valence-electron chi connectivity index (χ4n) is 0.172. The summed E-state index contributed by atoms with van der Waals surface area (Å²) in [6.07, 6.45) is 0. The van der Waals surface area contributed by atoms with Crippen LogP contribution in [0, 0.1) is 0 Å². The number of hydrogen-bond acceptors (Lipinski definition) is 2. The van der Waals surface area contributed by atoms with Gasteiger partial charge in [-0.15, -0.1) is 0 Å². The van der Waals surface area contributed by atoms with Crippen LogP contribution in [0.4, 0.5) is 0 Å². The predicted octanol–water partition coefficient (Wildman–Crippen LogP) is 0.144. The lowest BCUT2D eigenvalue weighted by molar-refractivity contribution is 0.244. The highest BCUT2D eigenvalue weighted by molar-refractivity contribution is 6.19. The summed E-state index contributed by atoms with van der Waals surface area (Å²) in [5.74, 6) is 0.296. The molecule has 0 spiro atoms. The van der Waals surface area contributed by atoms with Crippen molar-refractivity contribution >= 4 is 17.6 Å². The van der Waals surface area contributed by atoms with Crippen molar-refractivity contribution < 1.29 is 4.74 Å². The lowest BCUT2D eigenvalue weighted by Crippen LogP contribution is -2.16. The Bertz CT molecular complexity index is 73.3. The molecule has 0 heterocycles. The SMILES string of the molecule is COCC(N)=NCl. The standard InChI is InChI=1S/C3H7ClN2O/c1-7-2-3(5)6-4/h2H2,1H3,(H2,5,6). The van der Waals surface area contributed by atoms with Gasteiger partial charge in [0.05, 0.1) is 0 Å². The minimum Gasteiger partial charge on any atom is -0.384 e. The van der Waals surface area contributed by atoms with Crippen molar-refractivity contribution in [3.05, 3.63) is 0 Å². The van der Waals surface area contributed by atoms with Gasteiger partial charge in [0, 0.05) is 18.9 Å². The first-order valence-corrected chi connectivity index (χ1v) is 2.07. The van der Waals surface area contributed by atoms with Crippen molar-refractivity contribution in [3.8, 4) is 0 Å². The molecule has 0 aromatic rings.